The maximum absolute atomic E-state index is 14.2. The molecule has 5 saturated carbocycles. The first-order chi connectivity index (χ1) is 33.7. The Morgan fingerprint density at radius 3 is 2.15 bits per heavy atom. The van der Waals surface area contributed by atoms with E-state index < -0.39 is 144 Å². The lowest BCUT2D eigenvalue weighted by Gasteiger charge is -2.61. The number of allylic oxidation sites excluding steroid dienone is 1. The number of aliphatic hydroxyl groups is 6. The number of Topliss-reactive ketones (excluding diaryl/α,β-unsaturated/α-hetero) is 1. The Bertz CT molecular complexity index is 2140. The number of hydrogen-bond acceptors (Lipinski definition) is 18. The molecule has 6 N–H and O–H groups in total. The largest absolute Gasteiger partial charge is 0.455 e. The van der Waals surface area contributed by atoms with Gasteiger partial charge in [0.2, 0.25) is 0 Å². The van der Waals surface area contributed by atoms with Crippen LogP contribution in [0.1, 0.15) is 117 Å². The lowest BCUT2D eigenvalue weighted by atomic mass is 9.43. The lowest BCUT2D eigenvalue weighted by molar-refractivity contribution is -0.349. The minimum atomic E-state index is -1.59. The monoisotopic (exact) mass is 1000 g/mol. The Labute approximate surface area is 415 Å². The number of rotatable bonds is 13. The van der Waals surface area contributed by atoms with E-state index in [1.807, 2.05) is 19.9 Å². The van der Waals surface area contributed by atoms with Crippen LogP contribution in [0.2, 0.25) is 0 Å². The van der Waals surface area contributed by atoms with Crippen LogP contribution in [-0.4, -0.2) is 171 Å². The molecule has 3 saturated heterocycles. The van der Waals surface area contributed by atoms with Crippen molar-refractivity contribution in [2.75, 3.05) is 13.7 Å². The van der Waals surface area contributed by atoms with Gasteiger partial charge in [0.25, 0.3) is 0 Å². The van der Waals surface area contributed by atoms with Gasteiger partial charge in [0.1, 0.15) is 65.8 Å². The fourth-order valence-corrected chi connectivity index (χ4v) is 14.9. The van der Waals surface area contributed by atoms with E-state index in [0.29, 0.717) is 49.7 Å². The molecular formula is C53H76O18. The van der Waals surface area contributed by atoms with E-state index in [1.165, 1.54) is 0 Å². The second kappa shape index (κ2) is 20.0. The first kappa shape index (κ1) is 52.9. The van der Waals surface area contributed by atoms with Gasteiger partial charge >= 0.3 is 11.9 Å². The molecule has 0 bridgehead atoms. The molecule has 18 heteroatoms. The molecule has 0 amide bonds. The smallest absolute Gasteiger partial charge is 0.338 e. The molecule has 0 unspecified atom stereocenters. The predicted octanol–water partition coefficient (Wildman–Crippen LogP) is 3.07. The Kier molecular flexibility index (Phi) is 14.9. The molecule has 8 aliphatic rings. The van der Waals surface area contributed by atoms with Crippen LogP contribution in [0.15, 0.2) is 42.0 Å². The van der Waals surface area contributed by atoms with Gasteiger partial charge in [0.05, 0.1) is 42.2 Å². The van der Waals surface area contributed by atoms with Crippen LogP contribution in [0.4, 0.5) is 0 Å². The van der Waals surface area contributed by atoms with Gasteiger partial charge in [0, 0.05) is 48.9 Å². The van der Waals surface area contributed by atoms with E-state index in [4.69, 9.17) is 42.6 Å². The standard InChI is InChI=1S/C53H76O18/c1-9-25(2)47(61)68-44-45-50(6)18-16-32(22-31(50)15-19-52(45)53(71-52)20-17-33(26(3)55)51(53,7)46(44)70-48(62)29-13-11-10-12-14-29)66-36-23-35(63-8)42(27(4)64-36)69-49-41(60)40(59)43(28(5)65-49)67-34-21-30(24-54)37(56)39(58)38(34)57/h9-14,27-28,30-46,49,54,56-60H,15-24H2,1-8H3/b25-9+/t27-,28-,30-,31+,32+,33-,34-,35-,36+,37-,38+,39+,40+,41-,42-,43-,44+,45-,46-,49+,50+,51+,52+,53-/m1/s1. The van der Waals surface area contributed by atoms with E-state index in [9.17, 15) is 45.0 Å². The quantitative estimate of drug-likeness (QED) is 0.0718. The maximum Gasteiger partial charge on any atom is 0.338 e. The third-order valence-corrected chi connectivity index (χ3v) is 18.9. The normalized spacial score (nSPS) is 49.4. The summed E-state index contributed by atoms with van der Waals surface area (Å²) in [6, 6.07) is 8.74. The minimum absolute atomic E-state index is 0.00128. The van der Waals surface area contributed by atoms with Crippen LogP contribution < -0.4 is 0 Å². The highest BCUT2D eigenvalue weighted by Gasteiger charge is 2.91. The zero-order valence-corrected chi connectivity index (χ0v) is 42.2. The van der Waals surface area contributed by atoms with Gasteiger partial charge in [-0.25, -0.2) is 9.59 Å². The van der Waals surface area contributed by atoms with Crippen molar-refractivity contribution in [2.24, 2.45) is 34.5 Å². The Morgan fingerprint density at radius 1 is 0.761 bits per heavy atom. The zero-order chi connectivity index (χ0) is 51.1. The van der Waals surface area contributed by atoms with Gasteiger partial charge in [-0.15, -0.1) is 0 Å². The first-order valence-electron chi connectivity index (χ1n) is 25.8. The summed E-state index contributed by atoms with van der Waals surface area (Å²) in [5.41, 5.74) is -2.10. The number of benzene rings is 1. The van der Waals surface area contributed by atoms with Crippen LogP contribution >= 0.6 is 0 Å². The summed E-state index contributed by atoms with van der Waals surface area (Å²) >= 11 is 0. The summed E-state index contributed by atoms with van der Waals surface area (Å²) in [4.78, 5) is 41.8. The third kappa shape index (κ3) is 8.66. The van der Waals surface area contributed by atoms with Gasteiger partial charge in [0.15, 0.2) is 12.6 Å². The number of fused-ring (bicyclic) bond motifs is 2. The molecule has 1 aromatic carbocycles. The molecule has 3 aliphatic heterocycles. The summed E-state index contributed by atoms with van der Waals surface area (Å²) in [5.74, 6) is -2.58. The fourth-order valence-electron chi connectivity index (χ4n) is 14.9. The van der Waals surface area contributed by atoms with Crippen molar-refractivity contribution < 1.29 is 87.7 Å². The summed E-state index contributed by atoms with van der Waals surface area (Å²) < 4.78 is 58.2. The highest BCUT2D eigenvalue weighted by molar-refractivity contribution is 5.90. The number of carbonyl (C=O) groups is 3. The van der Waals surface area contributed by atoms with E-state index in [-0.39, 0.29) is 36.6 Å². The van der Waals surface area contributed by atoms with Gasteiger partial charge in [-0.3, -0.25) is 4.79 Å². The number of ether oxygens (including phenoxy) is 9. The highest BCUT2D eigenvalue weighted by atomic mass is 16.7. The molecule has 5 aliphatic carbocycles. The van der Waals surface area contributed by atoms with E-state index in [2.05, 4.69) is 6.92 Å². The van der Waals surface area contributed by atoms with Crippen molar-refractivity contribution in [3.05, 3.63) is 47.5 Å². The summed E-state index contributed by atoms with van der Waals surface area (Å²) in [6.45, 7) is 12.3. The number of aliphatic hydroxyl groups excluding tert-OH is 6. The van der Waals surface area contributed by atoms with Crippen molar-refractivity contribution in [1.29, 1.82) is 0 Å². The number of carbonyl (C=O) groups excluding carboxylic acids is 3. The van der Waals surface area contributed by atoms with Crippen molar-refractivity contribution in [3.8, 4) is 0 Å². The van der Waals surface area contributed by atoms with Crippen LogP contribution in [0.5, 0.6) is 0 Å². The van der Waals surface area contributed by atoms with Gasteiger partial charge in [-0.2, -0.15) is 0 Å². The molecule has 24 atom stereocenters. The second-order valence-electron chi connectivity index (χ2n) is 22.4. The molecule has 3 heterocycles. The number of esters is 2. The Morgan fingerprint density at radius 2 is 1.48 bits per heavy atom. The van der Waals surface area contributed by atoms with E-state index in [0.717, 1.165) is 6.42 Å². The molecule has 0 radical (unpaired) electrons. The number of epoxide rings is 1. The van der Waals surface area contributed by atoms with Gasteiger partial charge in [-0.1, -0.05) is 38.1 Å². The molecular weight excluding hydrogens is 925 g/mol. The highest BCUT2D eigenvalue weighted by Crippen LogP contribution is 2.81. The molecule has 1 aromatic rings. The molecule has 18 nitrogen and oxygen atoms in total. The molecule has 2 spiro atoms. The van der Waals surface area contributed by atoms with Crippen LogP contribution in [0, 0.1) is 34.5 Å². The van der Waals surface area contributed by atoms with Crippen LogP contribution in [-0.2, 0) is 52.2 Å². The Balaban J connectivity index is 0.893. The van der Waals surface area contributed by atoms with Crippen molar-refractivity contribution >= 4 is 17.7 Å². The van der Waals surface area contributed by atoms with E-state index >= 15 is 0 Å². The second-order valence-corrected chi connectivity index (χ2v) is 22.4. The third-order valence-electron chi connectivity index (χ3n) is 18.9. The SMILES string of the molecule is C/C=C(\C)C(=O)O[C@@H]1[C@@H](OC(=O)c2ccccc2)[C@]2(C)[C@@H](C(C)=O)CC[C@@]23O[C@]32CC[C@H]3C[C@@H](O[C@H]4C[C@@H](OC)[C@H](O[C@@H]5O[C@H](C)[C@@H](O[C@@H]6C[C@H](CO)[C@@H](O)[C@H](O)[C@H]6O)[C@@H](O)[C@H]5O)[C@@H](C)O4)CC[C@]3(C)[C@@H]12. The number of hydrogen-bond donors (Lipinski definition) is 6. The van der Waals surface area contributed by atoms with E-state index in [1.54, 1.807) is 65.1 Å². The van der Waals surface area contributed by atoms with Crippen LogP contribution in [0.25, 0.3) is 0 Å². The average Bonchev–Trinajstić information content (AvgIpc) is 3.90. The first-order valence-corrected chi connectivity index (χ1v) is 25.8. The molecule has 8 fully saturated rings. The number of methoxy groups -OCH3 is 1. The van der Waals surface area contributed by atoms with Crippen molar-refractivity contribution in [1.82, 2.24) is 0 Å². The summed E-state index contributed by atoms with van der Waals surface area (Å²) in [7, 11) is 1.55. The van der Waals surface area contributed by atoms with Gasteiger partial charge < -0.3 is 73.3 Å². The summed E-state index contributed by atoms with van der Waals surface area (Å²) in [5, 5.41) is 63.6. The predicted molar refractivity (Wildman–Crippen MR) is 249 cm³/mol. The van der Waals surface area contributed by atoms with Crippen molar-refractivity contribution in [3.63, 3.8) is 0 Å². The zero-order valence-electron chi connectivity index (χ0n) is 42.2. The lowest BCUT2D eigenvalue weighted by Crippen LogP contribution is -2.70. The Hall–Kier alpha value is -2.95. The molecule has 9 rings (SSSR count). The topological polar surface area (TPSA) is 259 Å². The maximum atomic E-state index is 14.2. The number of ketones is 1. The molecule has 71 heavy (non-hydrogen) atoms. The summed E-state index contributed by atoms with van der Waals surface area (Å²) in [6.07, 6.45) is -9.97. The molecule has 0 aromatic heterocycles. The average molecular weight is 1000 g/mol. The van der Waals surface area contributed by atoms with Gasteiger partial charge in [-0.05, 0) is 109 Å². The van der Waals surface area contributed by atoms with Crippen LogP contribution in [0.3, 0.4) is 0 Å². The molecule has 396 valence electrons. The fraction of sp³-hybridized carbons (Fsp3) is 0.792. The van der Waals surface area contributed by atoms with Crippen molar-refractivity contribution in [2.45, 2.75) is 215 Å². The minimum Gasteiger partial charge on any atom is -0.455 e.